The first-order valence-electron chi connectivity index (χ1n) is 22.6. The number of fused-ring (bicyclic) bond motifs is 1. The molecule has 3 fully saturated rings. The molecular formula is C50H60N2O15. The molecule has 0 unspecified atom stereocenters. The van der Waals surface area contributed by atoms with Gasteiger partial charge in [0.2, 0.25) is 17.6 Å². The van der Waals surface area contributed by atoms with Crippen LogP contribution in [-0.4, -0.2) is 147 Å². The lowest BCUT2D eigenvalue weighted by atomic mass is 9.91. The Morgan fingerprint density at radius 1 is 0.910 bits per heavy atom. The van der Waals surface area contributed by atoms with E-state index in [9.17, 15) is 44.7 Å². The molecule has 7 rings (SSSR count). The molecule has 360 valence electrons. The van der Waals surface area contributed by atoms with E-state index in [0.717, 1.165) is 0 Å². The first-order chi connectivity index (χ1) is 32.1. The molecule has 1 aliphatic carbocycles. The molecule has 6 N–H and O–H groups in total. The van der Waals surface area contributed by atoms with Crippen molar-refractivity contribution in [3.63, 3.8) is 0 Å². The minimum absolute atomic E-state index is 0.0222. The zero-order valence-corrected chi connectivity index (χ0v) is 37.7. The molecule has 10 atom stereocenters. The molecule has 2 amide bonds. The van der Waals surface area contributed by atoms with E-state index in [4.69, 9.17) is 28.4 Å². The molecule has 3 aromatic rings. The van der Waals surface area contributed by atoms with Crippen LogP contribution in [0.15, 0.2) is 103 Å². The lowest BCUT2D eigenvalue weighted by Gasteiger charge is -2.39. The van der Waals surface area contributed by atoms with Gasteiger partial charge in [-0.3, -0.25) is 14.4 Å². The Morgan fingerprint density at radius 2 is 1.61 bits per heavy atom. The molecule has 3 aromatic carbocycles. The van der Waals surface area contributed by atoms with Crippen LogP contribution >= 0.6 is 0 Å². The Balaban J connectivity index is 1.09. The molecule has 0 saturated carbocycles. The summed E-state index contributed by atoms with van der Waals surface area (Å²) in [7, 11) is 0. The number of hydrogen-bond donors (Lipinski definition) is 6. The molecule has 0 bridgehead atoms. The van der Waals surface area contributed by atoms with E-state index in [2.05, 4.69) is 5.32 Å². The average Bonchev–Trinajstić information content (AvgIpc) is 3.99. The van der Waals surface area contributed by atoms with Crippen LogP contribution in [0.2, 0.25) is 0 Å². The standard InChI is InChI=1S/C50H60N2O15/c1-49(2,3)66-40(55)22-21-35(28-53)51-45(59)36-20-11-23-52(36)46(60)32-26-37(44-38(27-32)65-50(67-44,33-16-6-4-7-17-33)34-18-8-5-9-19-34)63-47(61)31-15-10-13-30(25-31)14-12-24-62-48-43(58)42(57)41(56)39(29-54)64-48/h4-10,12-19,25,27,35-39,41-44,48,53-54,56-58H,11,20-24,26,28-29H2,1-3H3,(H,51,59)/t35-,36+,37+,38+,39+,41-,42-,43+,44-,48-/m0/s1. The van der Waals surface area contributed by atoms with Gasteiger partial charge in [0, 0.05) is 36.1 Å². The number of ether oxygens (including phenoxy) is 6. The fourth-order valence-electron chi connectivity index (χ4n) is 8.75. The van der Waals surface area contributed by atoms with Crippen molar-refractivity contribution in [2.75, 3.05) is 26.4 Å². The summed E-state index contributed by atoms with van der Waals surface area (Å²) in [5.41, 5.74) is 1.71. The first kappa shape index (κ1) is 49.6. The van der Waals surface area contributed by atoms with Crippen molar-refractivity contribution >= 4 is 29.8 Å². The number of carbonyl (C=O) groups excluding carboxylic acids is 4. The minimum atomic E-state index is -1.58. The second-order valence-electron chi connectivity index (χ2n) is 18.1. The number of esters is 2. The second-order valence-corrected chi connectivity index (χ2v) is 18.1. The van der Waals surface area contributed by atoms with Gasteiger partial charge >= 0.3 is 11.9 Å². The number of aliphatic hydroxyl groups is 5. The molecular weight excluding hydrogens is 869 g/mol. The van der Waals surface area contributed by atoms with Crippen molar-refractivity contribution in [2.45, 2.75) is 125 Å². The number of carbonyl (C=O) groups is 4. The molecule has 67 heavy (non-hydrogen) atoms. The van der Waals surface area contributed by atoms with Gasteiger partial charge in [-0.2, -0.15) is 0 Å². The molecule has 17 heteroatoms. The Labute approximate surface area is 388 Å². The van der Waals surface area contributed by atoms with Gasteiger partial charge in [0.25, 0.3) is 0 Å². The van der Waals surface area contributed by atoms with Gasteiger partial charge in [0.05, 0.1) is 31.4 Å². The highest BCUT2D eigenvalue weighted by atomic mass is 16.8. The summed E-state index contributed by atoms with van der Waals surface area (Å²) in [5, 5.41) is 52.8. The van der Waals surface area contributed by atoms with E-state index in [1.807, 2.05) is 60.7 Å². The normalized spacial score (nSPS) is 27.5. The zero-order valence-electron chi connectivity index (χ0n) is 37.7. The Kier molecular flexibility index (Phi) is 16.1. The number of benzene rings is 3. The van der Waals surface area contributed by atoms with Crippen LogP contribution in [0.25, 0.3) is 6.08 Å². The van der Waals surface area contributed by atoms with Crippen molar-refractivity contribution in [3.8, 4) is 0 Å². The number of rotatable bonds is 16. The van der Waals surface area contributed by atoms with Crippen molar-refractivity contribution in [1.29, 1.82) is 0 Å². The van der Waals surface area contributed by atoms with Gasteiger partial charge in [-0.25, -0.2) is 4.79 Å². The van der Waals surface area contributed by atoms with Crippen molar-refractivity contribution < 1.29 is 73.1 Å². The van der Waals surface area contributed by atoms with E-state index in [1.54, 1.807) is 63.3 Å². The fraction of sp³-hybridized carbons (Fsp3) is 0.480. The molecule has 3 saturated heterocycles. The molecule has 17 nitrogen and oxygen atoms in total. The monoisotopic (exact) mass is 928 g/mol. The summed E-state index contributed by atoms with van der Waals surface area (Å²) in [6, 6.07) is 23.6. The van der Waals surface area contributed by atoms with Crippen molar-refractivity contribution in [2.24, 2.45) is 0 Å². The van der Waals surface area contributed by atoms with E-state index in [1.165, 1.54) is 4.90 Å². The number of amides is 2. The Bertz CT molecular complexity index is 2210. The molecule has 0 spiro atoms. The van der Waals surface area contributed by atoms with Gasteiger partial charge in [-0.15, -0.1) is 0 Å². The van der Waals surface area contributed by atoms with E-state index < -0.39 is 109 Å². The SMILES string of the molecule is CC(C)(C)OC(=O)CC[C@@H](CO)NC(=O)[C@H]1CCCN1C(=O)C1=C[C@H]2OC(c3ccccc3)(c3ccccc3)O[C@H]2[C@H](OC(=O)c2cccc(C=CCO[C@H]3O[C@H](CO)[C@H](O)[C@H](O)[C@H]3O)c2)C1. The van der Waals surface area contributed by atoms with Crippen LogP contribution in [0.1, 0.15) is 79.9 Å². The third-order valence-electron chi connectivity index (χ3n) is 12.1. The molecule has 0 aromatic heterocycles. The second kappa shape index (κ2) is 21.7. The topological polar surface area (TPSA) is 240 Å². The Morgan fingerprint density at radius 3 is 2.27 bits per heavy atom. The number of hydrogen-bond acceptors (Lipinski definition) is 15. The summed E-state index contributed by atoms with van der Waals surface area (Å²) >= 11 is 0. The summed E-state index contributed by atoms with van der Waals surface area (Å²) in [4.78, 5) is 56.4. The van der Waals surface area contributed by atoms with Gasteiger partial charge in [-0.05, 0) is 63.8 Å². The van der Waals surface area contributed by atoms with Gasteiger partial charge in [0.15, 0.2) is 6.29 Å². The maximum atomic E-state index is 14.6. The van der Waals surface area contributed by atoms with Crippen LogP contribution in [-0.2, 0) is 48.6 Å². The molecule has 3 aliphatic heterocycles. The van der Waals surface area contributed by atoms with Crippen LogP contribution in [0.4, 0.5) is 0 Å². The lowest BCUT2D eigenvalue weighted by Crippen LogP contribution is -2.59. The van der Waals surface area contributed by atoms with Crippen molar-refractivity contribution in [3.05, 3.63) is 125 Å². The summed E-state index contributed by atoms with van der Waals surface area (Å²) in [5.74, 6) is -3.52. The zero-order chi connectivity index (χ0) is 47.9. The maximum absolute atomic E-state index is 14.6. The number of nitrogens with one attached hydrogen (secondary N) is 1. The van der Waals surface area contributed by atoms with Gasteiger partial charge in [0.1, 0.15) is 54.4 Å². The van der Waals surface area contributed by atoms with Crippen LogP contribution in [0, 0.1) is 0 Å². The highest BCUT2D eigenvalue weighted by Gasteiger charge is 2.55. The van der Waals surface area contributed by atoms with Gasteiger partial charge < -0.3 is 64.2 Å². The number of aliphatic hydroxyl groups excluding tert-OH is 5. The predicted octanol–water partition coefficient (Wildman–Crippen LogP) is 2.65. The summed E-state index contributed by atoms with van der Waals surface area (Å²) in [6.45, 7) is 4.43. The first-order valence-corrected chi connectivity index (χ1v) is 22.6. The van der Waals surface area contributed by atoms with Crippen LogP contribution < -0.4 is 5.32 Å². The highest BCUT2D eigenvalue weighted by molar-refractivity contribution is 5.98. The number of nitrogens with zero attached hydrogens (tertiary/aromatic N) is 1. The smallest absolute Gasteiger partial charge is 0.338 e. The molecule has 3 heterocycles. The Hall–Kier alpha value is -5.34. The predicted molar refractivity (Wildman–Crippen MR) is 239 cm³/mol. The van der Waals surface area contributed by atoms with Gasteiger partial charge in [-0.1, -0.05) is 84.9 Å². The quantitative estimate of drug-likeness (QED) is 0.113. The summed E-state index contributed by atoms with van der Waals surface area (Å²) < 4.78 is 36.4. The number of likely N-dealkylation sites (tertiary alicyclic amines) is 1. The lowest BCUT2D eigenvalue weighted by molar-refractivity contribution is -0.298. The highest BCUT2D eigenvalue weighted by Crippen LogP contribution is 2.47. The maximum Gasteiger partial charge on any atom is 0.338 e. The average molecular weight is 929 g/mol. The third kappa shape index (κ3) is 11.7. The van der Waals surface area contributed by atoms with Crippen LogP contribution in [0.5, 0.6) is 0 Å². The van der Waals surface area contributed by atoms with Crippen molar-refractivity contribution in [1.82, 2.24) is 10.2 Å². The molecule has 4 aliphatic rings. The summed E-state index contributed by atoms with van der Waals surface area (Å²) in [6.07, 6.45) is -3.99. The van der Waals surface area contributed by atoms with E-state index in [0.29, 0.717) is 29.5 Å². The van der Waals surface area contributed by atoms with Crippen LogP contribution in [0.3, 0.4) is 0 Å². The largest absolute Gasteiger partial charge is 0.460 e. The van der Waals surface area contributed by atoms with E-state index in [-0.39, 0.29) is 43.6 Å². The fourth-order valence-corrected chi connectivity index (χ4v) is 8.75. The molecule has 0 radical (unpaired) electrons. The minimum Gasteiger partial charge on any atom is -0.460 e. The van der Waals surface area contributed by atoms with E-state index >= 15 is 0 Å². The third-order valence-corrected chi connectivity index (χ3v) is 12.1.